The summed E-state index contributed by atoms with van der Waals surface area (Å²) in [6, 6.07) is 7.81. The van der Waals surface area contributed by atoms with Gasteiger partial charge in [-0.05, 0) is 19.5 Å². The first-order chi connectivity index (χ1) is 9.17. The molecule has 1 aromatic rings. The Hall–Kier alpha value is -1.55. The molecular formula is C15H23NO3. The molecule has 19 heavy (non-hydrogen) atoms. The van der Waals surface area contributed by atoms with Gasteiger partial charge in [0, 0.05) is 12.1 Å². The zero-order valence-corrected chi connectivity index (χ0v) is 12.0. The third-order valence-corrected chi connectivity index (χ3v) is 2.79. The van der Waals surface area contributed by atoms with E-state index in [0.717, 1.165) is 24.2 Å². The lowest BCUT2D eigenvalue weighted by Crippen LogP contribution is -2.27. The van der Waals surface area contributed by atoms with Gasteiger partial charge in [-0.2, -0.15) is 0 Å². The lowest BCUT2D eigenvalue weighted by atomic mass is 10.2. The number of carbonyl (C=O) groups excluding carboxylic acids is 1. The van der Waals surface area contributed by atoms with Crippen LogP contribution in [0.5, 0.6) is 5.75 Å². The fourth-order valence-corrected chi connectivity index (χ4v) is 1.78. The highest BCUT2D eigenvalue weighted by Crippen LogP contribution is 2.18. The van der Waals surface area contributed by atoms with E-state index in [-0.39, 0.29) is 5.97 Å². The number of likely N-dealkylation sites (N-methyl/N-ethyl adjacent to an activating group) is 1. The zero-order valence-electron chi connectivity index (χ0n) is 12.0. The number of hydrogen-bond donors (Lipinski definition) is 0. The molecule has 0 atom stereocenters. The summed E-state index contributed by atoms with van der Waals surface area (Å²) in [5, 5.41) is 0. The molecule has 0 bridgehead atoms. The molecule has 0 spiro atoms. The molecule has 106 valence electrons. The van der Waals surface area contributed by atoms with Gasteiger partial charge in [-0.3, -0.25) is 9.69 Å². The molecular weight excluding hydrogens is 242 g/mol. The summed E-state index contributed by atoms with van der Waals surface area (Å²) >= 11 is 0. The summed E-state index contributed by atoms with van der Waals surface area (Å²) in [4.78, 5) is 13.5. The monoisotopic (exact) mass is 265 g/mol. The predicted octanol–water partition coefficient (Wildman–Crippen LogP) is 2.47. The minimum atomic E-state index is -0.175. The molecule has 0 N–H and O–H groups in total. The van der Waals surface area contributed by atoms with E-state index < -0.39 is 0 Å². The van der Waals surface area contributed by atoms with Crippen molar-refractivity contribution >= 4 is 5.97 Å². The van der Waals surface area contributed by atoms with Gasteiger partial charge >= 0.3 is 5.97 Å². The van der Waals surface area contributed by atoms with Crippen molar-refractivity contribution < 1.29 is 14.3 Å². The van der Waals surface area contributed by atoms with Crippen LogP contribution < -0.4 is 4.74 Å². The zero-order chi connectivity index (χ0) is 14.1. The molecule has 4 nitrogen and oxygen atoms in total. The van der Waals surface area contributed by atoms with E-state index in [9.17, 15) is 4.79 Å². The van der Waals surface area contributed by atoms with Crippen LogP contribution in [0.1, 0.15) is 25.3 Å². The second-order valence-electron chi connectivity index (χ2n) is 4.56. The number of benzene rings is 1. The molecule has 1 aromatic carbocycles. The van der Waals surface area contributed by atoms with Crippen LogP contribution in [0.2, 0.25) is 0 Å². The van der Waals surface area contributed by atoms with Crippen molar-refractivity contribution in [2.24, 2.45) is 0 Å². The van der Waals surface area contributed by atoms with Gasteiger partial charge in [-0.15, -0.1) is 0 Å². The minimum Gasteiger partial charge on any atom is -0.496 e. The number of hydrogen-bond acceptors (Lipinski definition) is 4. The summed E-state index contributed by atoms with van der Waals surface area (Å²) in [5.41, 5.74) is 1.06. The van der Waals surface area contributed by atoms with Gasteiger partial charge < -0.3 is 9.47 Å². The first kappa shape index (κ1) is 15.5. The van der Waals surface area contributed by atoms with Gasteiger partial charge in [-0.1, -0.05) is 31.5 Å². The van der Waals surface area contributed by atoms with Gasteiger partial charge in [-0.25, -0.2) is 0 Å². The molecule has 0 fully saturated rings. The quantitative estimate of drug-likeness (QED) is 0.534. The SMILES string of the molecule is CCCCOC(=O)CN(C)Cc1ccccc1OC. The molecule has 0 aliphatic rings. The van der Waals surface area contributed by atoms with E-state index in [0.29, 0.717) is 19.7 Å². The van der Waals surface area contributed by atoms with E-state index in [1.54, 1.807) is 7.11 Å². The van der Waals surface area contributed by atoms with Crippen LogP contribution in [0.15, 0.2) is 24.3 Å². The number of esters is 1. The Kier molecular flexibility index (Phi) is 6.97. The number of nitrogens with zero attached hydrogens (tertiary/aromatic N) is 1. The lowest BCUT2D eigenvalue weighted by molar-refractivity contribution is -0.144. The second kappa shape index (κ2) is 8.53. The fourth-order valence-electron chi connectivity index (χ4n) is 1.78. The van der Waals surface area contributed by atoms with Crippen molar-refractivity contribution in [1.82, 2.24) is 4.90 Å². The summed E-state index contributed by atoms with van der Waals surface area (Å²) in [7, 11) is 3.55. The first-order valence-electron chi connectivity index (χ1n) is 6.63. The molecule has 4 heteroatoms. The van der Waals surface area contributed by atoms with Crippen molar-refractivity contribution in [1.29, 1.82) is 0 Å². The average Bonchev–Trinajstić information content (AvgIpc) is 2.39. The highest BCUT2D eigenvalue weighted by molar-refractivity contribution is 5.71. The predicted molar refractivity (Wildman–Crippen MR) is 75.2 cm³/mol. The topological polar surface area (TPSA) is 38.8 Å². The molecule has 0 unspecified atom stereocenters. The summed E-state index contributed by atoms with van der Waals surface area (Å²) in [6.07, 6.45) is 1.95. The standard InChI is InChI=1S/C15H23NO3/c1-4-5-10-19-15(17)12-16(2)11-13-8-6-7-9-14(13)18-3/h6-9H,4-5,10-12H2,1-3H3. The maximum atomic E-state index is 11.6. The molecule has 0 heterocycles. The van der Waals surface area contributed by atoms with E-state index in [4.69, 9.17) is 9.47 Å². The van der Waals surface area contributed by atoms with E-state index in [2.05, 4.69) is 6.92 Å². The molecule has 0 saturated carbocycles. The summed E-state index contributed by atoms with van der Waals surface area (Å²) in [6.45, 7) is 3.54. The number of unbranched alkanes of at least 4 members (excludes halogenated alkanes) is 1. The Balaban J connectivity index is 2.42. The van der Waals surface area contributed by atoms with Crippen LogP contribution in [0, 0.1) is 0 Å². The number of para-hydroxylation sites is 1. The van der Waals surface area contributed by atoms with Crippen molar-refractivity contribution in [2.75, 3.05) is 27.3 Å². The molecule has 0 aliphatic heterocycles. The van der Waals surface area contributed by atoms with Crippen LogP contribution in [0.4, 0.5) is 0 Å². The van der Waals surface area contributed by atoms with Crippen molar-refractivity contribution in [3.05, 3.63) is 29.8 Å². The fraction of sp³-hybridized carbons (Fsp3) is 0.533. The Bertz CT molecular complexity index is 393. The Labute approximate surface area is 115 Å². The largest absolute Gasteiger partial charge is 0.496 e. The Morgan fingerprint density at radius 3 is 2.74 bits per heavy atom. The first-order valence-corrected chi connectivity index (χ1v) is 6.63. The highest BCUT2D eigenvalue weighted by atomic mass is 16.5. The molecule has 0 radical (unpaired) electrons. The van der Waals surface area contributed by atoms with Crippen LogP contribution in [0.3, 0.4) is 0 Å². The summed E-state index contributed by atoms with van der Waals surface area (Å²) in [5.74, 6) is 0.666. The van der Waals surface area contributed by atoms with Crippen LogP contribution in [-0.2, 0) is 16.1 Å². The molecule has 0 aromatic heterocycles. The maximum absolute atomic E-state index is 11.6. The van der Waals surface area contributed by atoms with Crippen LogP contribution in [0.25, 0.3) is 0 Å². The lowest BCUT2D eigenvalue weighted by Gasteiger charge is -2.17. The molecule has 0 amide bonds. The van der Waals surface area contributed by atoms with Gasteiger partial charge in [0.2, 0.25) is 0 Å². The van der Waals surface area contributed by atoms with E-state index >= 15 is 0 Å². The van der Waals surface area contributed by atoms with Crippen molar-refractivity contribution in [2.45, 2.75) is 26.3 Å². The Morgan fingerprint density at radius 2 is 2.05 bits per heavy atom. The number of ether oxygens (including phenoxy) is 2. The highest BCUT2D eigenvalue weighted by Gasteiger charge is 2.10. The van der Waals surface area contributed by atoms with Gasteiger partial charge in [0.05, 0.1) is 20.3 Å². The number of methoxy groups -OCH3 is 1. The van der Waals surface area contributed by atoms with Gasteiger partial charge in [0.25, 0.3) is 0 Å². The number of rotatable bonds is 8. The maximum Gasteiger partial charge on any atom is 0.320 e. The van der Waals surface area contributed by atoms with Gasteiger partial charge in [0.1, 0.15) is 5.75 Å². The number of carbonyl (C=O) groups is 1. The smallest absolute Gasteiger partial charge is 0.320 e. The Morgan fingerprint density at radius 1 is 1.32 bits per heavy atom. The molecule has 0 saturated heterocycles. The van der Waals surface area contributed by atoms with Gasteiger partial charge in [0.15, 0.2) is 0 Å². The third kappa shape index (κ3) is 5.75. The summed E-state index contributed by atoms with van der Waals surface area (Å²) < 4.78 is 10.4. The average molecular weight is 265 g/mol. The van der Waals surface area contributed by atoms with Crippen molar-refractivity contribution in [3.63, 3.8) is 0 Å². The molecule has 0 aliphatic carbocycles. The second-order valence-corrected chi connectivity index (χ2v) is 4.56. The van der Waals surface area contributed by atoms with Crippen LogP contribution >= 0.6 is 0 Å². The molecule has 1 rings (SSSR count). The minimum absolute atomic E-state index is 0.175. The van der Waals surface area contributed by atoms with Crippen LogP contribution in [-0.4, -0.2) is 38.2 Å². The van der Waals surface area contributed by atoms with Crippen molar-refractivity contribution in [3.8, 4) is 5.75 Å². The third-order valence-electron chi connectivity index (χ3n) is 2.79. The van der Waals surface area contributed by atoms with E-state index in [1.165, 1.54) is 0 Å². The normalized spacial score (nSPS) is 10.5. The van der Waals surface area contributed by atoms with E-state index in [1.807, 2.05) is 36.2 Å².